The van der Waals surface area contributed by atoms with Crippen LogP contribution in [0.5, 0.6) is 5.75 Å². The highest BCUT2D eigenvalue weighted by atomic mass is 32.1. The Bertz CT molecular complexity index is 1040. The van der Waals surface area contributed by atoms with E-state index in [9.17, 15) is 0 Å². The summed E-state index contributed by atoms with van der Waals surface area (Å²) in [5, 5.41) is 9.22. The molecule has 0 N–H and O–H groups in total. The fourth-order valence-electron chi connectivity index (χ4n) is 2.36. The van der Waals surface area contributed by atoms with Crippen LogP contribution in [0.1, 0.15) is 5.69 Å². The number of aromatic nitrogens is 3. The third-order valence-electron chi connectivity index (χ3n) is 3.54. The van der Waals surface area contributed by atoms with Gasteiger partial charge in [0.1, 0.15) is 23.6 Å². The maximum absolute atomic E-state index is 5.78. The van der Waals surface area contributed by atoms with Crippen molar-refractivity contribution in [2.75, 3.05) is 0 Å². The Kier molecular flexibility index (Phi) is 3.80. The number of nitrogens with zero attached hydrogens (tertiary/aromatic N) is 3. The molecule has 0 aliphatic rings. The fraction of sp³-hybridized carbons (Fsp3) is 0.0556. The van der Waals surface area contributed by atoms with Crippen LogP contribution in [-0.2, 0) is 6.61 Å². The van der Waals surface area contributed by atoms with Crippen molar-refractivity contribution in [1.82, 2.24) is 15.0 Å². The van der Waals surface area contributed by atoms with Gasteiger partial charge in [0, 0.05) is 11.5 Å². The molecule has 0 fully saturated rings. The van der Waals surface area contributed by atoms with Gasteiger partial charge in [-0.15, -0.1) is 5.10 Å². The van der Waals surface area contributed by atoms with Gasteiger partial charge in [-0.3, -0.25) is 0 Å². The molecule has 2 aromatic heterocycles. The van der Waals surface area contributed by atoms with E-state index in [1.807, 2.05) is 60.8 Å². The van der Waals surface area contributed by atoms with Crippen LogP contribution in [0.3, 0.4) is 0 Å². The topological polar surface area (TPSA) is 53.1 Å². The number of benzene rings is 2. The van der Waals surface area contributed by atoms with Crippen LogP contribution in [0, 0.1) is 4.71 Å². The zero-order valence-electron chi connectivity index (χ0n) is 12.6. The Hall–Kier alpha value is -2.99. The zero-order chi connectivity index (χ0) is 16.4. The fourth-order valence-corrected chi connectivity index (χ4v) is 2.52. The maximum Gasteiger partial charge on any atom is 0.190 e. The molecule has 0 unspecified atom stereocenters. The predicted octanol–water partition coefficient (Wildman–Crippen LogP) is 4.32. The van der Waals surface area contributed by atoms with Crippen LogP contribution >= 0.6 is 12.2 Å². The zero-order valence-corrected chi connectivity index (χ0v) is 13.4. The lowest BCUT2D eigenvalue weighted by atomic mass is 10.2. The highest BCUT2D eigenvalue weighted by molar-refractivity contribution is 7.71. The first-order chi connectivity index (χ1) is 11.8. The summed E-state index contributed by atoms with van der Waals surface area (Å²) in [6, 6.07) is 19.2. The third kappa shape index (κ3) is 3.04. The Morgan fingerprint density at radius 2 is 1.88 bits per heavy atom. The van der Waals surface area contributed by atoms with Crippen molar-refractivity contribution in [3.05, 3.63) is 77.3 Å². The van der Waals surface area contributed by atoms with E-state index in [4.69, 9.17) is 21.4 Å². The van der Waals surface area contributed by atoms with Crippen LogP contribution in [0.15, 0.2) is 71.3 Å². The van der Waals surface area contributed by atoms with Gasteiger partial charge in [0.25, 0.3) is 0 Å². The third-order valence-corrected chi connectivity index (χ3v) is 3.76. The molecule has 0 radical (unpaired) electrons. The Labute approximate surface area is 143 Å². The minimum Gasteiger partial charge on any atom is -0.487 e. The standard InChI is InChI=1S/C18H13N3O2S/c24-18-9-7-13-6-8-16(10-17(13)23-18)22-12-14-11-21(20-19-14)15-4-2-1-3-5-15/h1-11H,12H2. The average molecular weight is 335 g/mol. The minimum atomic E-state index is 0.325. The molecule has 2 aromatic carbocycles. The van der Waals surface area contributed by atoms with Crippen molar-refractivity contribution < 1.29 is 9.15 Å². The van der Waals surface area contributed by atoms with Crippen LogP contribution < -0.4 is 4.74 Å². The van der Waals surface area contributed by atoms with Crippen LogP contribution in [0.4, 0.5) is 0 Å². The van der Waals surface area contributed by atoms with Gasteiger partial charge >= 0.3 is 0 Å². The molecule has 4 aromatic rings. The molecule has 0 atom stereocenters. The lowest BCUT2D eigenvalue weighted by Crippen LogP contribution is -1.95. The molecular formula is C18H13N3O2S. The summed E-state index contributed by atoms with van der Waals surface area (Å²) in [7, 11) is 0. The Morgan fingerprint density at radius 1 is 1.04 bits per heavy atom. The molecule has 0 aliphatic heterocycles. The van der Waals surface area contributed by atoms with Gasteiger partial charge in [-0.25, -0.2) is 4.68 Å². The normalized spacial score (nSPS) is 10.8. The van der Waals surface area contributed by atoms with E-state index in [1.54, 1.807) is 10.7 Å². The molecular weight excluding hydrogens is 322 g/mol. The van der Waals surface area contributed by atoms with Crippen molar-refractivity contribution in [3.63, 3.8) is 0 Å². The van der Waals surface area contributed by atoms with Gasteiger partial charge in [-0.1, -0.05) is 23.4 Å². The van der Waals surface area contributed by atoms with Gasteiger partial charge < -0.3 is 9.15 Å². The number of rotatable bonds is 4. The smallest absolute Gasteiger partial charge is 0.190 e. The largest absolute Gasteiger partial charge is 0.487 e. The second kappa shape index (κ2) is 6.25. The summed E-state index contributed by atoms with van der Waals surface area (Å²) in [5.74, 6) is 0.695. The summed E-state index contributed by atoms with van der Waals surface area (Å²) in [4.78, 5) is 0. The second-order valence-electron chi connectivity index (χ2n) is 5.23. The summed E-state index contributed by atoms with van der Waals surface area (Å²) in [6.45, 7) is 0.325. The Morgan fingerprint density at radius 3 is 2.75 bits per heavy atom. The average Bonchev–Trinajstić information content (AvgIpc) is 3.09. The first kappa shape index (κ1) is 14.6. The maximum atomic E-state index is 5.78. The van der Waals surface area contributed by atoms with E-state index < -0.39 is 0 Å². The van der Waals surface area contributed by atoms with Crippen LogP contribution in [-0.4, -0.2) is 15.0 Å². The lowest BCUT2D eigenvalue weighted by molar-refractivity contribution is 0.301. The van der Waals surface area contributed by atoms with Crippen molar-refractivity contribution in [2.24, 2.45) is 0 Å². The Balaban J connectivity index is 1.51. The number of hydrogen-bond acceptors (Lipinski definition) is 5. The summed E-state index contributed by atoms with van der Waals surface area (Å²) < 4.78 is 13.5. The summed E-state index contributed by atoms with van der Waals surface area (Å²) >= 11 is 5.04. The van der Waals surface area contributed by atoms with Gasteiger partial charge in [0.15, 0.2) is 4.71 Å². The van der Waals surface area contributed by atoms with Gasteiger partial charge in [0.2, 0.25) is 0 Å². The molecule has 4 rings (SSSR count). The number of ether oxygens (including phenoxy) is 1. The molecule has 0 saturated heterocycles. The van der Waals surface area contributed by atoms with E-state index in [1.165, 1.54) is 0 Å². The first-order valence-electron chi connectivity index (χ1n) is 7.41. The minimum absolute atomic E-state index is 0.325. The summed E-state index contributed by atoms with van der Waals surface area (Å²) in [6.07, 6.45) is 1.85. The molecule has 118 valence electrons. The molecule has 5 nitrogen and oxygen atoms in total. The predicted molar refractivity (Wildman–Crippen MR) is 92.7 cm³/mol. The first-order valence-corrected chi connectivity index (χ1v) is 7.82. The number of para-hydroxylation sites is 1. The molecule has 0 bridgehead atoms. The quantitative estimate of drug-likeness (QED) is 0.520. The summed E-state index contributed by atoms with van der Waals surface area (Å²) in [5.41, 5.74) is 2.40. The second-order valence-corrected chi connectivity index (χ2v) is 5.64. The number of hydrogen-bond donors (Lipinski definition) is 0. The molecule has 24 heavy (non-hydrogen) atoms. The van der Waals surface area contributed by atoms with E-state index in [0.29, 0.717) is 22.6 Å². The monoisotopic (exact) mass is 335 g/mol. The van der Waals surface area contributed by atoms with E-state index >= 15 is 0 Å². The van der Waals surface area contributed by atoms with Gasteiger partial charge in [-0.2, -0.15) is 0 Å². The van der Waals surface area contributed by atoms with Crippen molar-refractivity contribution in [3.8, 4) is 11.4 Å². The van der Waals surface area contributed by atoms with Crippen molar-refractivity contribution in [1.29, 1.82) is 0 Å². The van der Waals surface area contributed by atoms with E-state index in [-0.39, 0.29) is 0 Å². The van der Waals surface area contributed by atoms with E-state index in [2.05, 4.69) is 10.3 Å². The van der Waals surface area contributed by atoms with Gasteiger partial charge in [0.05, 0.1) is 11.9 Å². The number of fused-ring (bicyclic) bond motifs is 1. The van der Waals surface area contributed by atoms with Crippen LogP contribution in [0.25, 0.3) is 16.7 Å². The molecule has 0 saturated carbocycles. The molecule has 0 aliphatic carbocycles. The molecule has 6 heteroatoms. The molecule has 0 spiro atoms. The highest BCUT2D eigenvalue weighted by Crippen LogP contribution is 2.21. The van der Waals surface area contributed by atoms with E-state index in [0.717, 1.165) is 16.8 Å². The van der Waals surface area contributed by atoms with Crippen LogP contribution in [0.2, 0.25) is 0 Å². The van der Waals surface area contributed by atoms with Gasteiger partial charge in [-0.05, 0) is 48.6 Å². The van der Waals surface area contributed by atoms with Crippen molar-refractivity contribution in [2.45, 2.75) is 6.61 Å². The lowest BCUT2D eigenvalue weighted by Gasteiger charge is -2.04. The SMILES string of the molecule is S=c1ccc2ccc(OCc3cn(-c4ccccc4)nn3)cc2o1. The molecule has 0 amide bonds. The van der Waals surface area contributed by atoms with Crippen molar-refractivity contribution >= 4 is 23.2 Å². The molecule has 2 heterocycles. The highest BCUT2D eigenvalue weighted by Gasteiger charge is 2.05.